The standard InChI is InChI=1S/C13H10INO3/c1-8-5-9(13(16)17)7-15-12(8)18-11-4-2-3-10(14)6-11/h2-7H,1H3,(H,16,17). The second-order valence-corrected chi connectivity index (χ2v) is 4.96. The molecule has 1 aromatic heterocycles. The Morgan fingerprint density at radius 2 is 2.17 bits per heavy atom. The molecule has 0 amide bonds. The molecule has 0 aliphatic carbocycles. The predicted molar refractivity (Wildman–Crippen MR) is 75.2 cm³/mol. The summed E-state index contributed by atoms with van der Waals surface area (Å²) in [5.74, 6) is 0.106. The number of pyridine rings is 1. The van der Waals surface area contributed by atoms with Crippen LogP contribution in [0, 0.1) is 10.5 Å². The van der Waals surface area contributed by atoms with E-state index in [1.807, 2.05) is 24.3 Å². The summed E-state index contributed by atoms with van der Waals surface area (Å²) < 4.78 is 6.68. The Balaban J connectivity index is 2.27. The van der Waals surface area contributed by atoms with E-state index in [0.29, 0.717) is 17.2 Å². The molecule has 0 atom stereocenters. The highest BCUT2D eigenvalue weighted by atomic mass is 127. The van der Waals surface area contributed by atoms with Crippen LogP contribution in [0.5, 0.6) is 11.6 Å². The summed E-state index contributed by atoms with van der Waals surface area (Å²) in [6.45, 7) is 1.77. The van der Waals surface area contributed by atoms with Gasteiger partial charge in [0, 0.05) is 15.3 Å². The zero-order valence-electron chi connectivity index (χ0n) is 9.55. The number of nitrogens with zero attached hydrogens (tertiary/aromatic N) is 1. The smallest absolute Gasteiger partial charge is 0.337 e. The number of halogens is 1. The van der Waals surface area contributed by atoms with Gasteiger partial charge in [-0.2, -0.15) is 0 Å². The summed E-state index contributed by atoms with van der Waals surface area (Å²) in [6, 6.07) is 9.10. The van der Waals surface area contributed by atoms with Crippen molar-refractivity contribution in [1.82, 2.24) is 4.98 Å². The highest BCUT2D eigenvalue weighted by molar-refractivity contribution is 14.1. The van der Waals surface area contributed by atoms with Crippen LogP contribution in [0.3, 0.4) is 0 Å². The molecule has 0 unspecified atom stereocenters. The summed E-state index contributed by atoms with van der Waals surface area (Å²) in [5, 5.41) is 8.84. The van der Waals surface area contributed by atoms with Crippen molar-refractivity contribution in [2.24, 2.45) is 0 Å². The molecule has 18 heavy (non-hydrogen) atoms. The molecule has 1 heterocycles. The van der Waals surface area contributed by atoms with Crippen molar-refractivity contribution in [1.29, 1.82) is 0 Å². The zero-order valence-corrected chi connectivity index (χ0v) is 11.7. The van der Waals surface area contributed by atoms with Crippen molar-refractivity contribution in [3.05, 3.63) is 51.2 Å². The van der Waals surface area contributed by atoms with Crippen LogP contribution < -0.4 is 4.74 Å². The van der Waals surface area contributed by atoms with Crippen LogP contribution in [0.4, 0.5) is 0 Å². The molecule has 4 nitrogen and oxygen atoms in total. The van der Waals surface area contributed by atoms with Crippen molar-refractivity contribution in [3.63, 3.8) is 0 Å². The SMILES string of the molecule is Cc1cc(C(=O)O)cnc1Oc1cccc(I)c1. The van der Waals surface area contributed by atoms with E-state index in [1.54, 1.807) is 13.0 Å². The molecular formula is C13H10INO3. The number of carboxylic acids is 1. The van der Waals surface area contributed by atoms with Crippen molar-refractivity contribution in [2.45, 2.75) is 6.92 Å². The van der Waals surface area contributed by atoms with Crippen LogP contribution in [-0.4, -0.2) is 16.1 Å². The fourth-order valence-corrected chi connectivity index (χ4v) is 1.94. The van der Waals surface area contributed by atoms with E-state index in [9.17, 15) is 4.79 Å². The van der Waals surface area contributed by atoms with Gasteiger partial charge in [0.1, 0.15) is 5.75 Å². The molecule has 1 N–H and O–H groups in total. The summed E-state index contributed by atoms with van der Waals surface area (Å²) in [5.41, 5.74) is 0.844. The van der Waals surface area contributed by atoms with Crippen molar-refractivity contribution in [3.8, 4) is 11.6 Å². The first-order valence-corrected chi connectivity index (χ1v) is 6.27. The lowest BCUT2D eigenvalue weighted by Crippen LogP contribution is -2.00. The predicted octanol–water partition coefficient (Wildman–Crippen LogP) is 3.49. The Morgan fingerprint density at radius 3 is 2.78 bits per heavy atom. The third kappa shape index (κ3) is 2.98. The number of aromatic nitrogens is 1. The second-order valence-electron chi connectivity index (χ2n) is 3.71. The quantitative estimate of drug-likeness (QED) is 0.857. The fraction of sp³-hybridized carbons (Fsp3) is 0.0769. The van der Waals surface area contributed by atoms with Gasteiger partial charge in [-0.25, -0.2) is 9.78 Å². The number of aryl methyl sites for hydroxylation is 1. The molecule has 92 valence electrons. The molecule has 1 aromatic carbocycles. The van der Waals surface area contributed by atoms with Gasteiger partial charge in [0.05, 0.1) is 5.56 Å². The maximum absolute atomic E-state index is 10.8. The van der Waals surface area contributed by atoms with Crippen LogP contribution in [0.15, 0.2) is 36.5 Å². The minimum Gasteiger partial charge on any atom is -0.478 e. The van der Waals surface area contributed by atoms with E-state index in [1.165, 1.54) is 6.20 Å². The highest BCUT2D eigenvalue weighted by Crippen LogP contribution is 2.24. The minimum absolute atomic E-state index is 0.155. The lowest BCUT2D eigenvalue weighted by molar-refractivity contribution is 0.0696. The number of hydrogen-bond donors (Lipinski definition) is 1. The largest absolute Gasteiger partial charge is 0.478 e. The Hall–Kier alpha value is -1.63. The third-order valence-corrected chi connectivity index (χ3v) is 2.96. The topological polar surface area (TPSA) is 59.4 Å². The van der Waals surface area contributed by atoms with Crippen LogP contribution in [-0.2, 0) is 0 Å². The van der Waals surface area contributed by atoms with Gasteiger partial charge in [0.15, 0.2) is 0 Å². The first-order chi connectivity index (χ1) is 8.56. The highest BCUT2D eigenvalue weighted by Gasteiger charge is 2.08. The Bertz CT molecular complexity index is 599. The van der Waals surface area contributed by atoms with E-state index in [4.69, 9.17) is 9.84 Å². The first kappa shape index (κ1) is 12.8. The summed E-state index contributed by atoms with van der Waals surface area (Å²) in [4.78, 5) is 14.8. The van der Waals surface area contributed by atoms with Gasteiger partial charge in [-0.1, -0.05) is 6.07 Å². The summed E-state index contributed by atoms with van der Waals surface area (Å²) in [6.07, 6.45) is 1.29. The molecule has 2 aromatic rings. The average Bonchev–Trinajstić information content (AvgIpc) is 2.31. The second kappa shape index (κ2) is 5.34. The maximum Gasteiger partial charge on any atom is 0.337 e. The van der Waals surface area contributed by atoms with Gasteiger partial charge < -0.3 is 9.84 Å². The lowest BCUT2D eigenvalue weighted by Gasteiger charge is -2.08. The third-order valence-electron chi connectivity index (χ3n) is 2.29. The Kier molecular flexibility index (Phi) is 3.81. The molecular weight excluding hydrogens is 345 g/mol. The molecule has 2 rings (SSSR count). The van der Waals surface area contributed by atoms with Gasteiger partial charge in [0.2, 0.25) is 5.88 Å². The van der Waals surface area contributed by atoms with Crippen LogP contribution >= 0.6 is 22.6 Å². The molecule has 0 bridgehead atoms. The molecule has 0 saturated carbocycles. The van der Waals surface area contributed by atoms with Gasteiger partial charge >= 0.3 is 5.97 Å². The fourth-order valence-electron chi connectivity index (χ4n) is 1.43. The van der Waals surface area contributed by atoms with E-state index in [2.05, 4.69) is 27.6 Å². The molecule has 5 heteroatoms. The normalized spacial score (nSPS) is 10.1. The van der Waals surface area contributed by atoms with Crippen LogP contribution in [0.1, 0.15) is 15.9 Å². The van der Waals surface area contributed by atoms with Gasteiger partial charge in [-0.15, -0.1) is 0 Å². The maximum atomic E-state index is 10.8. The van der Waals surface area contributed by atoms with Gasteiger partial charge in [0.25, 0.3) is 0 Å². The number of rotatable bonds is 3. The van der Waals surface area contributed by atoms with E-state index < -0.39 is 5.97 Å². The number of ether oxygens (including phenoxy) is 1. The Labute approximate surface area is 118 Å². The molecule has 0 spiro atoms. The molecule has 0 fully saturated rings. The van der Waals surface area contributed by atoms with Crippen molar-refractivity contribution >= 4 is 28.6 Å². The number of hydrogen-bond acceptors (Lipinski definition) is 3. The van der Waals surface area contributed by atoms with E-state index >= 15 is 0 Å². The van der Waals surface area contributed by atoms with E-state index in [-0.39, 0.29) is 5.56 Å². The average molecular weight is 355 g/mol. The van der Waals surface area contributed by atoms with Crippen molar-refractivity contribution in [2.75, 3.05) is 0 Å². The van der Waals surface area contributed by atoms with Crippen LogP contribution in [0.2, 0.25) is 0 Å². The molecule has 0 aliphatic rings. The van der Waals surface area contributed by atoms with Crippen molar-refractivity contribution < 1.29 is 14.6 Å². The minimum atomic E-state index is -0.994. The van der Waals surface area contributed by atoms with Crippen LogP contribution in [0.25, 0.3) is 0 Å². The summed E-state index contributed by atoms with van der Waals surface area (Å²) in [7, 11) is 0. The number of aromatic carboxylic acids is 1. The van der Waals surface area contributed by atoms with E-state index in [0.717, 1.165) is 3.57 Å². The number of benzene rings is 1. The molecule has 0 saturated heterocycles. The first-order valence-electron chi connectivity index (χ1n) is 5.19. The molecule has 0 radical (unpaired) electrons. The lowest BCUT2D eigenvalue weighted by atomic mass is 10.2. The number of carboxylic acid groups (broad SMARTS) is 1. The summed E-state index contributed by atoms with van der Waals surface area (Å²) >= 11 is 2.19. The molecule has 0 aliphatic heterocycles. The number of carbonyl (C=O) groups is 1. The monoisotopic (exact) mass is 355 g/mol. The Morgan fingerprint density at radius 1 is 1.39 bits per heavy atom. The zero-order chi connectivity index (χ0) is 13.1. The van der Waals surface area contributed by atoms with Gasteiger partial charge in [-0.3, -0.25) is 0 Å². The van der Waals surface area contributed by atoms with Gasteiger partial charge in [-0.05, 0) is 53.8 Å².